The zero-order chi connectivity index (χ0) is 36.3. The first-order valence-electron chi connectivity index (χ1n) is 16.8. The molecule has 12 heteroatoms. The molecular weight excluding hydrogens is 627 g/mol. The van der Waals surface area contributed by atoms with Gasteiger partial charge in [-0.05, 0) is 125 Å². The Balaban J connectivity index is 0.000000239. The lowest BCUT2D eigenvalue weighted by molar-refractivity contribution is -0.0967. The van der Waals surface area contributed by atoms with Crippen LogP contribution in [0.5, 0.6) is 0 Å². The fourth-order valence-electron chi connectivity index (χ4n) is 5.69. The van der Waals surface area contributed by atoms with Crippen LogP contribution in [-0.2, 0) is 23.1 Å². The minimum Gasteiger partial charge on any atom is -0.399 e. The van der Waals surface area contributed by atoms with E-state index in [9.17, 15) is 14.7 Å². The maximum absolute atomic E-state index is 12.8. The van der Waals surface area contributed by atoms with Crippen molar-refractivity contribution in [3.8, 4) is 0 Å². The number of aliphatic hydroxyl groups is 1. The predicted molar refractivity (Wildman–Crippen MR) is 193 cm³/mol. The van der Waals surface area contributed by atoms with E-state index in [0.717, 1.165) is 23.0 Å². The van der Waals surface area contributed by atoms with E-state index in [1.54, 1.807) is 38.1 Å². The second-order valence-electron chi connectivity index (χ2n) is 15.9. The molecule has 3 atom stereocenters. The van der Waals surface area contributed by atoms with Crippen LogP contribution in [0.15, 0.2) is 42.5 Å². The summed E-state index contributed by atoms with van der Waals surface area (Å²) in [7, 11) is -0.396. The number of fused-ring (bicyclic) bond motifs is 1. The molecule has 0 aliphatic carbocycles. The van der Waals surface area contributed by atoms with Crippen molar-refractivity contribution in [3.05, 3.63) is 64.7 Å². The molecule has 9 nitrogen and oxygen atoms in total. The lowest BCUT2D eigenvalue weighted by Crippen LogP contribution is -2.48. The molecule has 0 spiro atoms. The Morgan fingerprint density at radius 2 is 1.29 bits per heavy atom. The van der Waals surface area contributed by atoms with Crippen LogP contribution >= 0.6 is 8.69 Å². The molecule has 2 amide bonds. The van der Waals surface area contributed by atoms with Crippen molar-refractivity contribution in [1.82, 2.24) is 4.90 Å². The van der Waals surface area contributed by atoms with Crippen molar-refractivity contribution in [2.45, 2.75) is 143 Å². The maximum atomic E-state index is 12.8. The number of carbonyl (C=O) groups excluding carboxylic acids is 2. The molecule has 5 rings (SSSR count). The maximum Gasteiger partial charge on any atom is 0.512 e. The smallest absolute Gasteiger partial charge is 0.399 e. The molecule has 2 fully saturated rings. The lowest BCUT2D eigenvalue weighted by Gasteiger charge is -2.39. The molecule has 3 heterocycles. The third kappa shape index (κ3) is 7.20. The topological polar surface area (TPSA) is 104 Å². The quantitative estimate of drug-likeness (QED) is 0.185. The number of benzene rings is 2. The summed E-state index contributed by atoms with van der Waals surface area (Å²) in [5.74, 6) is -0.486. The van der Waals surface area contributed by atoms with E-state index >= 15 is 0 Å². The van der Waals surface area contributed by atoms with Gasteiger partial charge in [0.1, 0.15) is 0 Å². The number of carbonyl (C=O) groups is 2. The molecular formula is C36H54B2NO8P. The first-order valence-corrected chi connectivity index (χ1v) is 17.8. The van der Waals surface area contributed by atoms with Crippen molar-refractivity contribution in [2.75, 3.05) is 0 Å². The molecule has 3 unspecified atom stereocenters. The summed E-state index contributed by atoms with van der Waals surface area (Å²) >= 11 is 0. The van der Waals surface area contributed by atoms with Gasteiger partial charge in [0.15, 0.2) is 0 Å². The summed E-state index contributed by atoms with van der Waals surface area (Å²) in [6.07, 6.45) is 0.725. The highest BCUT2D eigenvalue weighted by Crippen LogP contribution is 2.45. The first-order chi connectivity index (χ1) is 21.9. The number of amides is 2. The van der Waals surface area contributed by atoms with Crippen LogP contribution in [-0.4, -0.2) is 69.4 Å². The van der Waals surface area contributed by atoms with Crippen LogP contribution in [0.3, 0.4) is 0 Å². The van der Waals surface area contributed by atoms with Gasteiger partial charge in [-0.3, -0.25) is 14.5 Å². The average molecular weight is 681 g/mol. The number of hydrogen-bond donors (Lipinski definition) is 1. The average Bonchev–Trinajstić information content (AvgIpc) is 3.46. The van der Waals surface area contributed by atoms with E-state index < -0.39 is 29.5 Å². The summed E-state index contributed by atoms with van der Waals surface area (Å²) in [5.41, 5.74) is 0.784. The Bertz CT molecular complexity index is 1470. The largest absolute Gasteiger partial charge is 0.512 e. The van der Waals surface area contributed by atoms with Gasteiger partial charge in [0, 0.05) is 8.69 Å². The molecule has 3 aliphatic rings. The molecule has 2 aromatic rings. The van der Waals surface area contributed by atoms with Crippen LogP contribution in [0.1, 0.15) is 134 Å². The summed E-state index contributed by atoms with van der Waals surface area (Å²) in [5, 5.41) is 10.2. The van der Waals surface area contributed by atoms with E-state index in [4.69, 9.17) is 23.1 Å². The second kappa shape index (κ2) is 13.2. The highest BCUT2D eigenvalue weighted by molar-refractivity contribution is 7.69. The standard InChI is InChI=1S/C23H26BNO4.C13H28BO4P/c1-14-13-16(24-28-22(3,4)23(5,6)29-24)11-12-17(14)15(2)25-20(26)18-9-7-8-10-19(18)21(25)27;1-9-13(8,10(2,3)15)18-19-14-16-11(4,5)12(6,7)17-14/h7-13,15H,1-6H3;15,19H,9H2,1-8H3. The molecule has 0 radical (unpaired) electrons. The van der Waals surface area contributed by atoms with E-state index in [0.29, 0.717) is 11.1 Å². The van der Waals surface area contributed by atoms with Crippen molar-refractivity contribution in [2.24, 2.45) is 0 Å². The van der Waals surface area contributed by atoms with E-state index in [1.165, 1.54) is 4.90 Å². The summed E-state index contributed by atoms with van der Waals surface area (Å²) < 4.78 is 30.0. The lowest BCUT2D eigenvalue weighted by atomic mass is 9.77. The SMILES string of the molecule is CCC(C)(OPB1OC(C)(C)C(C)(C)O1)C(C)(C)O.Cc1cc(B2OC(C)(C)C(C)(C)O2)ccc1C(C)N1C(=O)c2ccccc2C1=O. The van der Waals surface area contributed by atoms with Crippen LogP contribution in [0, 0.1) is 6.92 Å². The molecule has 1 N–H and O–H groups in total. The van der Waals surface area contributed by atoms with E-state index in [2.05, 4.69) is 0 Å². The highest BCUT2D eigenvalue weighted by atomic mass is 31.1. The monoisotopic (exact) mass is 681 g/mol. The molecule has 3 aliphatic heterocycles. The molecule has 0 bridgehead atoms. The third-order valence-corrected chi connectivity index (χ3v) is 12.1. The van der Waals surface area contributed by atoms with E-state index in [-0.39, 0.29) is 44.6 Å². The number of hydrogen-bond acceptors (Lipinski definition) is 8. The van der Waals surface area contributed by atoms with Gasteiger partial charge in [-0.25, -0.2) is 0 Å². The van der Waals surface area contributed by atoms with Gasteiger partial charge in [-0.1, -0.05) is 37.3 Å². The van der Waals surface area contributed by atoms with Crippen molar-refractivity contribution in [3.63, 3.8) is 0 Å². The van der Waals surface area contributed by atoms with Crippen molar-refractivity contribution >= 4 is 39.9 Å². The number of aryl methyl sites for hydroxylation is 1. The zero-order valence-corrected chi connectivity index (χ0v) is 32.2. The summed E-state index contributed by atoms with van der Waals surface area (Å²) in [6, 6.07) is 12.5. The van der Waals surface area contributed by atoms with Crippen LogP contribution in [0.25, 0.3) is 0 Å². The normalized spacial score (nSPS) is 22.9. The predicted octanol–water partition coefficient (Wildman–Crippen LogP) is 6.78. The van der Waals surface area contributed by atoms with E-state index in [1.807, 2.05) is 101 Å². The number of rotatable bonds is 8. The first kappa shape index (κ1) is 38.7. The fraction of sp³-hybridized carbons (Fsp3) is 0.611. The van der Waals surface area contributed by atoms with Gasteiger partial charge >= 0.3 is 14.0 Å². The molecule has 2 saturated heterocycles. The Labute approximate surface area is 289 Å². The minimum absolute atomic E-state index is 0.0466. The zero-order valence-electron chi connectivity index (χ0n) is 31.2. The Kier molecular flexibility index (Phi) is 10.7. The Hall–Kier alpha value is -2.10. The van der Waals surface area contributed by atoms with Gasteiger partial charge < -0.3 is 28.2 Å². The second-order valence-corrected chi connectivity index (χ2v) is 16.8. The fourth-order valence-corrected chi connectivity index (χ4v) is 7.13. The molecule has 0 saturated carbocycles. The van der Waals surface area contributed by atoms with Crippen molar-refractivity contribution in [1.29, 1.82) is 0 Å². The van der Waals surface area contributed by atoms with Gasteiger partial charge in [0.2, 0.25) is 0 Å². The molecule has 48 heavy (non-hydrogen) atoms. The Morgan fingerprint density at radius 3 is 1.71 bits per heavy atom. The van der Waals surface area contributed by atoms with Gasteiger partial charge in [-0.15, -0.1) is 0 Å². The highest BCUT2D eigenvalue weighted by Gasteiger charge is 2.53. The van der Waals surface area contributed by atoms with Crippen molar-refractivity contribution < 1.29 is 37.8 Å². The summed E-state index contributed by atoms with van der Waals surface area (Å²) in [4.78, 5) is 27.0. The van der Waals surface area contributed by atoms with Crippen LogP contribution in [0.4, 0.5) is 0 Å². The minimum atomic E-state index is -0.904. The molecule has 0 aromatic heterocycles. The van der Waals surface area contributed by atoms with Crippen LogP contribution in [0.2, 0.25) is 0 Å². The van der Waals surface area contributed by atoms with Gasteiger partial charge in [0.05, 0.1) is 50.8 Å². The molecule has 2 aromatic carbocycles. The van der Waals surface area contributed by atoms with Gasteiger partial charge in [0.25, 0.3) is 11.8 Å². The third-order valence-electron chi connectivity index (χ3n) is 11.1. The van der Waals surface area contributed by atoms with Crippen LogP contribution < -0.4 is 5.46 Å². The number of nitrogens with zero attached hydrogens (tertiary/aromatic N) is 1. The molecule has 262 valence electrons. The number of imide groups is 1. The summed E-state index contributed by atoms with van der Waals surface area (Å²) in [6.45, 7) is 27.2. The Morgan fingerprint density at radius 1 is 0.833 bits per heavy atom. The van der Waals surface area contributed by atoms with Gasteiger partial charge in [-0.2, -0.15) is 0 Å².